The highest BCUT2D eigenvalue weighted by Crippen LogP contribution is 2.32. The molecule has 0 saturated heterocycles. The van der Waals surface area contributed by atoms with Crippen LogP contribution in [0, 0.1) is 0 Å². The number of amides is 2. The van der Waals surface area contributed by atoms with Crippen molar-refractivity contribution in [3.05, 3.63) is 77.4 Å². The Kier molecular flexibility index (Phi) is 9.04. The van der Waals surface area contributed by atoms with E-state index in [2.05, 4.69) is 10.4 Å². The quantitative estimate of drug-likeness (QED) is 0.278. The van der Waals surface area contributed by atoms with Crippen molar-refractivity contribution in [2.45, 2.75) is 31.8 Å². The molecule has 9 heteroatoms. The number of methoxy groups -OCH3 is 3. The molecule has 204 valence electrons. The van der Waals surface area contributed by atoms with Crippen LogP contribution in [0.5, 0.6) is 23.0 Å². The SMILES string of the molecule is COc1ccc(C(=O)Nc2ccc(C(=O)N(C)N=Cc3ccc(OC)c(OC4CCCC4)c3)cc2)c(OC)c1. The second kappa shape index (κ2) is 12.8. The van der Waals surface area contributed by atoms with Crippen LogP contribution >= 0.6 is 0 Å². The number of ether oxygens (including phenoxy) is 4. The molecule has 0 radical (unpaired) electrons. The Labute approximate surface area is 228 Å². The van der Waals surface area contributed by atoms with E-state index < -0.39 is 0 Å². The van der Waals surface area contributed by atoms with Crippen molar-refractivity contribution in [2.24, 2.45) is 5.10 Å². The Morgan fingerprint density at radius 3 is 2.26 bits per heavy atom. The van der Waals surface area contributed by atoms with Crippen LogP contribution in [0.25, 0.3) is 0 Å². The number of nitrogens with one attached hydrogen (secondary N) is 1. The van der Waals surface area contributed by atoms with E-state index in [0.717, 1.165) is 18.4 Å². The largest absolute Gasteiger partial charge is 0.497 e. The predicted octanol–water partition coefficient (Wildman–Crippen LogP) is 5.39. The fourth-order valence-electron chi connectivity index (χ4n) is 4.32. The van der Waals surface area contributed by atoms with Gasteiger partial charge in [0.05, 0.1) is 39.2 Å². The van der Waals surface area contributed by atoms with Gasteiger partial charge in [-0.15, -0.1) is 0 Å². The molecule has 39 heavy (non-hydrogen) atoms. The maximum atomic E-state index is 12.9. The van der Waals surface area contributed by atoms with Crippen LogP contribution in [0.4, 0.5) is 5.69 Å². The van der Waals surface area contributed by atoms with Crippen LogP contribution in [0.2, 0.25) is 0 Å². The third kappa shape index (κ3) is 6.87. The van der Waals surface area contributed by atoms with Gasteiger partial charge in [0.2, 0.25) is 0 Å². The molecule has 1 N–H and O–H groups in total. The van der Waals surface area contributed by atoms with Crippen molar-refractivity contribution in [2.75, 3.05) is 33.7 Å². The van der Waals surface area contributed by atoms with Gasteiger partial charge in [-0.25, -0.2) is 5.01 Å². The highest BCUT2D eigenvalue weighted by atomic mass is 16.5. The van der Waals surface area contributed by atoms with E-state index in [1.807, 2.05) is 18.2 Å². The lowest BCUT2D eigenvalue weighted by Crippen LogP contribution is -2.21. The highest BCUT2D eigenvalue weighted by Gasteiger charge is 2.19. The molecule has 3 aromatic carbocycles. The number of nitrogens with zero attached hydrogens (tertiary/aromatic N) is 2. The highest BCUT2D eigenvalue weighted by molar-refractivity contribution is 6.06. The zero-order valence-corrected chi connectivity index (χ0v) is 22.6. The number of rotatable bonds is 10. The number of benzene rings is 3. The summed E-state index contributed by atoms with van der Waals surface area (Å²) in [6.07, 6.45) is 6.22. The van der Waals surface area contributed by atoms with Gasteiger partial charge in [-0.05, 0) is 85.8 Å². The van der Waals surface area contributed by atoms with Gasteiger partial charge in [0.15, 0.2) is 11.5 Å². The van der Waals surface area contributed by atoms with Crippen molar-refractivity contribution in [1.82, 2.24) is 5.01 Å². The average Bonchev–Trinajstić information content (AvgIpc) is 3.48. The molecule has 3 aromatic rings. The summed E-state index contributed by atoms with van der Waals surface area (Å²) in [4.78, 5) is 25.7. The van der Waals surface area contributed by atoms with Crippen molar-refractivity contribution in [1.29, 1.82) is 0 Å². The third-order valence-electron chi connectivity index (χ3n) is 6.50. The van der Waals surface area contributed by atoms with Gasteiger partial charge < -0.3 is 24.3 Å². The fourth-order valence-corrected chi connectivity index (χ4v) is 4.32. The summed E-state index contributed by atoms with van der Waals surface area (Å²) in [5, 5.41) is 8.39. The lowest BCUT2D eigenvalue weighted by atomic mass is 10.1. The van der Waals surface area contributed by atoms with E-state index in [9.17, 15) is 9.59 Å². The molecule has 0 heterocycles. The molecule has 0 atom stereocenters. The third-order valence-corrected chi connectivity index (χ3v) is 6.50. The Balaban J connectivity index is 1.39. The first-order valence-electron chi connectivity index (χ1n) is 12.7. The number of anilines is 1. The average molecular weight is 532 g/mol. The second-order valence-electron chi connectivity index (χ2n) is 9.11. The normalized spacial score (nSPS) is 13.2. The van der Waals surface area contributed by atoms with Crippen molar-refractivity contribution in [3.8, 4) is 23.0 Å². The van der Waals surface area contributed by atoms with E-state index >= 15 is 0 Å². The molecule has 9 nitrogen and oxygen atoms in total. The standard InChI is InChI=1S/C30H33N3O6/c1-33(31-19-20-9-16-26(37-3)28(17-20)39-23-7-5-6-8-23)30(35)21-10-12-22(13-11-21)32-29(34)25-15-14-24(36-2)18-27(25)38-4/h9-19,23H,5-8H2,1-4H3,(H,32,34). The lowest BCUT2D eigenvalue weighted by molar-refractivity contribution is 0.0800. The van der Waals surface area contributed by atoms with Gasteiger partial charge >= 0.3 is 0 Å². The smallest absolute Gasteiger partial charge is 0.273 e. The number of carbonyl (C=O) groups is 2. The van der Waals surface area contributed by atoms with Gasteiger partial charge in [0, 0.05) is 24.4 Å². The summed E-state index contributed by atoms with van der Waals surface area (Å²) >= 11 is 0. The van der Waals surface area contributed by atoms with E-state index in [1.54, 1.807) is 69.9 Å². The monoisotopic (exact) mass is 531 g/mol. The maximum absolute atomic E-state index is 12.9. The number of hydrogen-bond donors (Lipinski definition) is 1. The van der Waals surface area contributed by atoms with Gasteiger partial charge in [-0.1, -0.05) is 0 Å². The molecule has 0 bridgehead atoms. The molecule has 0 aliphatic heterocycles. The Morgan fingerprint density at radius 2 is 1.59 bits per heavy atom. The molecule has 0 aromatic heterocycles. The van der Waals surface area contributed by atoms with Gasteiger partial charge in [-0.2, -0.15) is 5.10 Å². The summed E-state index contributed by atoms with van der Waals surface area (Å²) < 4.78 is 22.1. The van der Waals surface area contributed by atoms with Crippen LogP contribution in [0.15, 0.2) is 65.8 Å². The fraction of sp³-hybridized carbons (Fsp3) is 0.300. The topological polar surface area (TPSA) is 98.7 Å². The molecule has 4 rings (SSSR count). The predicted molar refractivity (Wildman–Crippen MR) is 150 cm³/mol. The van der Waals surface area contributed by atoms with Gasteiger partial charge in [0.1, 0.15) is 11.5 Å². The summed E-state index contributed by atoms with van der Waals surface area (Å²) in [5.74, 6) is 1.69. The molecule has 0 spiro atoms. The van der Waals surface area contributed by atoms with E-state index in [-0.39, 0.29) is 17.9 Å². The van der Waals surface area contributed by atoms with E-state index in [0.29, 0.717) is 39.8 Å². The zero-order chi connectivity index (χ0) is 27.8. The minimum Gasteiger partial charge on any atom is -0.497 e. The van der Waals surface area contributed by atoms with Crippen molar-refractivity contribution in [3.63, 3.8) is 0 Å². The summed E-state index contributed by atoms with van der Waals surface area (Å²) in [5.41, 5.74) is 2.11. The zero-order valence-electron chi connectivity index (χ0n) is 22.6. The number of hydrogen-bond acceptors (Lipinski definition) is 7. The molecular weight excluding hydrogens is 498 g/mol. The first-order chi connectivity index (χ1) is 18.9. The first kappa shape index (κ1) is 27.5. The molecule has 1 aliphatic carbocycles. The maximum Gasteiger partial charge on any atom is 0.273 e. The Bertz CT molecular complexity index is 1330. The number of carbonyl (C=O) groups excluding carboxylic acids is 2. The minimum atomic E-state index is -0.342. The second-order valence-corrected chi connectivity index (χ2v) is 9.11. The molecule has 0 unspecified atom stereocenters. The summed E-state index contributed by atoms with van der Waals surface area (Å²) in [6, 6.07) is 17.1. The molecular formula is C30H33N3O6. The van der Waals surface area contributed by atoms with E-state index in [1.165, 1.54) is 25.0 Å². The lowest BCUT2D eigenvalue weighted by Gasteiger charge is -2.16. The molecule has 1 saturated carbocycles. The molecule has 1 aliphatic rings. The van der Waals surface area contributed by atoms with E-state index in [4.69, 9.17) is 18.9 Å². The number of hydrazone groups is 1. The van der Waals surface area contributed by atoms with Crippen LogP contribution < -0.4 is 24.3 Å². The Morgan fingerprint density at radius 1 is 0.872 bits per heavy atom. The summed E-state index contributed by atoms with van der Waals surface area (Å²) in [7, 11) is 6.23. The van der Waals surface area contributed by atoms with Crippen LogP contribution in [-0.2, 0) is 0 Å². The van der Waals surface area contributed by atoms with Gasteiger partial charge in [0.25, 0.3) is 11.8 Å². The van der Waals surface area contributed by atoms with Crippen LogP contribution in [0.3, 0.4) is 0 Å². The van der Waals surface area contributed by atoms with Crippen molar-refractivity contribution >= 4 is 23.7 Å². The van der Waals surface area contributed by atoms with Crippen LogP contribution in [-0.4, -0.2) is 57.5 Å². The molecule has 2 amide bonds. The molecule has 1 fully saturated rings. The van der Waals surface area contributed by atoms with Crippen molar-refractivity contribution < 1.29 is 28.5 Å². The minimum absolute atomic E-state index is 0.196. The Hall–Kier alpha value is -4.53. The first-order valence-corrected chi connectivity index (χ1v) is 12.7. The summed E-state index contributed by atoms with van der Waals surface area (Å²) in [6.45, 7) is 0. The van der Waals surface area contributed by atoms with Gasteiger partial charge in [-0.3, -0.25) is 9.59 Å². The van der Waals surface area contributed by atoms with Crippen LogP contribution in [0.1, 0.15) is 52.0 Å².